The van der Waals surface area contributed by atoms with Gasteiger partial charge in [0.2, 0.25) is 0 Å². The van der Waals surface area contributed by atoms with Crippen molar-refractivity contribution in [2.75, 3.05) is 0 Å². The molecular formula is C10H9Br2N3OS. The maximum absolute atomic E-state index is 12.0. The standard InChI is InChI=1S/C10H9Br2N3OS/c1-2-15-9(13-5-14-15)4-7(16)8-3-6(11)10(12)17-8/h3,5H,2,4H2,1H3. The maximum Gasteiger partial charge on any atom is 0.180 e. The fourth-order valence-corrected chi connectivity index (χ4v) is 3.38. The Morgan fingerprint density at radius 1 is 1.53 bits per heavy atom. The SMILES string of the molecule is CCn1ncnc1CC(=O)c1cc(Br)c(Br)s1. The molecule has 0 bridgehead atoms. The number of halogens is 2. The van der Waals surface area contributed by atoms with Crippen LogP contribution in [0.5, 0.6) is 0 Å². The minimum atomic E-state index is 0.0594. The molecule has 2 heterocycles. The van der Waals surface area contributed by atoms with Gasteiger partial charge in [0.25, 0.3) is 0 Å². The molecular weight excluding hydrogens is 370 g/mol. The Morgan fingerprint density at radius 2 is 2.29 bits per heavy atom. The lowest BCUT2D eigenvalue weighted by atomic mass is 10.2. The van der Waals surface area contributed by atoms with Crippen LogP contribution in [0.1, 0.15) is 22.4 Å². The summed E-state index contributed by atoms with van der Waals surface area (Å²) in [6.07, 6.45) is 1.76. The number of hydrogen-bond donors (Lipinski definition) is 0. The number of Topliss-reactive ketones (excluding diaryl/α,β-unsaturated/α-hetero) is 1. The maximum atomic E-state index is 12.0. The van der Waals surface area contributed by atoms with Crippen molar-refractivity contribution in [1.82, 2.24) is 14.8 Å². The number of aryl methyl sites for hydroxylation is 1. The highest BCUT2D eigenvalue weighted by Gasteiger charge is 2.15. The van der Waals surface area contributed by atoms with E-state index in [4.69, 9.17) is 0 Å². The topological polar surface area (TPSA) is 47.8 Å². The van der Waals surface area contributed by atoms with Gasteiger partial charge in [-0.05, 0) is 44.8 Å². The smallest absolute Gasteiger partial charge is 0.180 e. The molecule has 0 aliphatic carbocycles. The highest BCUT2D eigenvalue weighted by molar-refractivity contribution is 9.13. The van der Waals surface area contributed by atoms with Crippen molar-refractivity contribution in [2.24, 2.45) is 0 Å². The lowest BCUT2D eigenvalue weighted by Gasteiger charge is -2.00. The predicted molar refractivity (Wildman–Crippen MR) is 73.4 cm³/mol. The van der Waals surface area contributed by atoms with E-state index in [0.717, 1.165) is 19.7 Å². The van der Waals surface area contributed by atoms with Gasteiger partial charge in [0, 0.05) is 11.0 Å². The molecule has 0 spiro atoms. The van der Waals surface area contributed by atoms with Gasteiger partial charge in [0.15, 0.2) is 5.78 Å². The van der Waals surface area contributed by atoms with Gasteiger partial charge in [0.1, 0.15) is 12.2 Å². The van der Waals surface area contributed by atoms with Crippen LogP contribution in [0.4, 0.5) is 0 Å². The van der Waals surface area contributed by atoms with Crippen LogP contribution in [0, 0.1) is 0 Å². The average Bonchev–Trinajstić information content (AvgIpc) is 2.86. The summed E-state index contributed by atoms with van der Waals surface area (Å²) in [7, 11) is 0. The first kappa shape index (κ1) is 12.9. The molecule has 0 aliphatic rings. The van der Waals surface area contributed by atoms with Gasteiger partial charge in [0.05, 0.1) is 15.1 Å². The Bertz CT molecular complexity index is 530. The third-order valence-electron chi connectivity index (χ3n) is 2.23. The second-order valence-electron chi connectivity index (χ2n) is 3.32. The summed E-state index contributed by atoms with van der Waals surface area (Å²) in [5, 5.41) is 4.04. The van der Waals surface area contributed by atoms with E-state index in [9.17, 15) is 4.79 Å². The number of aromatic nitrogens is 3. The van der Waals surface area contributed by atoms with E-state index >= 15 is 0 Å². The second-order valence-corrected chi connectivity index (χ2v) is 6.55. The molecule has 2 aromatic heterocycles. The van der Waals surface area contributed by atoms with Crippen LogP contribution in [0.3, 0.4) is 0 Å². The fourth-order valence-electron chi connectivity index (χ4n) is 1.40. The van der Waals surface area contributed by atoms with Crippen molar-refractivity contribution in [3.05, 3.63) is 31.4 Å². The summed E-state index contributed by atoms with van der Waals surface area (Å²) in [5.74, 6) is 0.766. The van der Waals surface area contributed by atoms with Gasteiger partial charge in [-0.15, -0.1) is 11.3 Å². The zero-order valence-corrected chi connectivity index (χ0v) is 13.0. The predicted octanol–water partition coefficient (Wildman–Crippen LogP) is 3.31. The van der Waals surface area contributed by atoms with E-state index in [2.05, 4.69) is 41.9 Å². The van der Waals surface area contributed by atoms with Crippen LogP contribution < -0.4 is 0 Å². The van der Waals surface area contributed by atoms with E-state index in [1.54, 1.807) is 4.68 Å². The molecule has 0 fully saturated rings. The van der Waals surface area contributed by atoms with Gasteiger partial charge in [-0.1, -0.05) is 0 Å². The summed E-state index contributed by atoms with van der Waals surface area (Å²) >= 11 is 8.17. The molecule has 0 atom stereocenters. The van der Waals surface area contributed by atoms with Crippen LogP contribution in [-0.4, -0.2) is 20.5 Å². The Balaban J connectivity index is 2.17. The molecule has 2 aromatic rings. The zero-order valence-electron chi connectivity index (χ0n) is 8.98. The molecule has 0 saturated heterocycles. The summed E-state index contributed by atoms with van der Waals surface area (Å²) in [6, 6.07) is 1.82. The number of rotatable bonds is 4. The monoisotopic (exact) mass is 377 g/mol. The summed E-state index contributed by atoms with van der Waals surface area (Å²) in [4.78, 5) is 16.8. The molecule has 0 aliphatic heterocycles. The first-order valence-electron chi connectivity index (χ1n) is 4.96. The molecule has 0 aromatic carbocycles. The fraction of sp³-hybridized carbons (Fsp3) is 0.300. The minimum Gasteiger partial charge on any atom is -0.293 e. The van der Waals surface area contributed by atoms with Gasteiger partial charge >= 0.3 is 0 Å². The van der Waals surface area contributed by atoms with Crippen LogP contribution in [-0.2, 0) is 13.0 Å². The first-order valence-corrected chi connectivity index (χ1v) is 7.36. The number of nitrogens with zero attached hydrogens (tertiary/aromatic N) is 3. The summed E-state index contributed by atoms with van der Waals surface area (Å²) in [5.41, 5.74) is 0. The van der Waals surface area contributed by atoms with Crippen molar-refractivity contribution in [2.45, 2.75) is 19.9 Å². The molecule has 0 unspecified atom stereocenters. The molecule has 0 N–H and O–H groups in total. The lowest BCUT2D eigenvalue weighted by Crippen LogP contribution is -2.09. The molecule has 4 nitrogen and oxygen atoms in total. The normalized spacial score (nSPS) is 10.8. The molecule has 0 radical (unpaired) electrons. The third-order valence-corrected chi connectivity index (χ3v) is 5.53. The lowest BCUT2D eigenvalue weighted by molar-refractivity contribution is 0.0993. The number of carbonyl (C=O) groups is 1. The van der Waals surface area contributed by atoms with E-state index in [0.29, 0.717) is 5.82 Å². The third kappa shape index (κ3) is 2.83. The van der Waals surface area contributed by atoms with Crippen molar-refractivity contribution in [3.8, 4) is 0 Å². The van der Waals surface area contributed by atoms with Crippen LogP contribution >= 0.6 is 43.2 Å². The molecule has 7 heteroatoms. The zero-order chi connectivity index (χ0) is 12.4. The van der Waals surface area contributed by atoms with Crippen LogP contribution in [0.25, 0.3) is 0 Å². The second kappa shape index (κ2) is 5.41. The highest BCUT2D eigenvalue weighted by atomic mass is 79.9. The molecule has 0 amide bonds. The molecule has 2 rings (SSSR count). The van der Waals surface area contributed by atoms with Gasteiger partial charge < -0.3 is 0 Å². The Labute approximate surface area is 119 Å². The van der Waals surface area contributed by atoms with Crippen molar-refractivity contribution in [3.63, 3.8) is 0 Å². The number of carbonyl (C=O) groups excluding carboxylic acids is 1. The number of thiophene rings is 1. The van der Waals surface area contributed by atoms with Crippen molar-refractivity contribution >= 4 is 49.0 Å². The van der Waals surface area contributed by atoms with E-state index < -0.39 is 0 Å². The molecule has 0 saturated carbocycles. The van der Waals surface area contributed by atoms with Gasteiger partial charge in [-0.2, -0.15) is 5.10 Å². The van der Waals surface area contributed by atoms with Crippen LogP contribution in [0.2, 0.25) is 0 Å². The van der Waals surface area contributed by atoms with Gasteiger partial charge in [-0.3, -0.25) is 4.79 Å². The Morgan fingerprint density at radius 3 is 2.88 bits per heavy atom. The van der Waals surface area contributed by atoms with Crippen molar-refractivity contribution in [1.29, 1.82) is 0 Å². The largest absolute Gasteiger partial charge is 0.293 e. The highest BCUT2D eigenvalue weighted by Crippen LogP contribution is 2.32. The van der Waals surface area contributed by atoms with Crippen LogP contribution in [0.15, 0.2) is 20.7 Å². The molecule has 17 heavy (non-hydrogen) atoms. The van der Waals surface area contributed by atoms with E-state index in [1.165, 1.54) is 17.7 Å². The van der Waals surface area contributed by atoms with Gasteiger partial charge in [-0.25, -0.2) is 9.67 Å². The van der Waals surface area contributed by atoms with E-state index in [1.807, 2.05) is 13.0 Å². The minimum absolute atomic E-state index is 0.0594. The quantitative estimate of drug-likeness (QED) is 0.766. The average molecular weight is 379 g/mol. The number of ketones is 1. The summed E-state index contributed by atoms with van der Waals surface area (Å²) in [6.45, 7) is 2.70. The summed E-state index contributed by atoms with van der Waals surface area (Å²) < 4.78 is 3.57. The Kier molecular flexibility index (Phi) is 4.11. The van der Waals surface area contributed by atoms with E-state index in [-0.39, 0.29) is 12.2 Å². The number of hydrogen-bond acceptors (Lipinski definition) is 4. The Hall–Kier alpha value is -0.530. The molecule has 90 valence electrons. The first-order chi connectivity index (χ1) is 8.11. The van der Waals surface area contributed by atoms with Crippen molar-refractivity contribution < 1.29 is 4.79 Å².